The summed E-state index contributed by atoms with van der Waals surface area (Å²) in [5.74, 6) is 7.08. The molecule has 1 aliphatic rings. The topological polar surface area (TPSA) is 72.2 Å². The molecule has 0 spiro atoms. The maximum absolute atomic E-state index is 11.7. The first-order chi connectivity index (χ1) is 9.95. The van der Waals surface area contributed by atoms with Gasteiger partial charge in [0.15, 0.2) is 9.84 Å². The number of hydrazine groups is 1. The molecule has 1 aliphatic carbocycles. The second-order valence-corrected chi connectivity index (χ2v) is 8.19. The lowest BCUT2D eigenvalue weighted by molar-refractivity contribution is 0.219. The number of hydrogen-bond acceptors (Lipinski definition) is 4. The molecule has 0 aliphatic heterocycles. The van der Waals surface area contributed by atoms with E-state index >= 15 is 0 Å². The molecule has 0 aromatic heterocycles. The minimum absolute atomic E-state index is 0.0320. The standard InChI is InChI=1S/C16H26N2O2S/c1-3-12-7-9-13(10-8-12)16(18-17)14-5-4-6-15(11-14)21(2,19)20/h4-6,11-13,16,18H,3,7-10,17H2,1-2H3. The molecule has 3 N–H and O–H groups in total. The summed E-state index contributed by atoms with van der Waals surface area (Å²) in [5, 5.41) is 0. The number of nitrogens with two attached hydrogens (primary N) is 1. The van der Waals surface area contributed by atoms with Gasteiger partial charge in [-0.3, -0.25) is 11.3 Å². The van der Waals surface area contributed by atoms with Gasteiger partial charge >= 0.3 is 0 Å². The molecule has 0 amide bonds. The molecule has 0 heterocycles. The van der Waals surface area contributed by atoms with Gasteiger partial charge in [0.05, 0.1) is 4.90 Å². The van der Waals surface area contributed by atoms with E-state index in [-0.39, 0.29) is 6.04 Å². The molecule has 118 valence electrons. The molecule has 2 rings (SSSR count). The first kappa shape index (κ1) is 16.5. The molecule has 1 atom stereocenters. The van der Waals surface area contributed by atoms with Crippen molar-refractivity contribution in [1.29, 1.82) is 0 Å². The van der Waals surface area contributed by atoms with Gasteiger partial charge in [0, 0.05) is 12.3 Å². The van der Waals surface area contributed by atoms with Gasteiger partial charge in [-0.1, -0.05) is 38.3 Å². The van der Waals surface area contributed by atoms with Crippen molar-refractivity contribution in [3.63, 3.8) is 0 Å². The van der Waals surface area contributed by atoms with E-state index in [2.05, 4.69) is 12.3 Å². The Morgan fingerprint density at radius 1 is 1.29 bits per heavy atom. The van der Waals surface area contributed by atoms with E-state index in [4.69, 9.17) is 5.84 Å². The van der Waals surface area contributed by atoms with Crippen molar-refractivity contribution < 1.29 is 8.42 Å². The fourth-order valence-electron chi connectivity index (χ4n) is 3.37. The number of sulfone groups is 1. The first-order valence-electron chi connectivity index (χ1n) is 7.71. The van der Waals surface area contributed by atoms with Gasteiger partial charge in [-0.2, -0.15) is 0 Å². The van der Waals surface area contributed by atoms with Crippen molar-refractivity contribution in [3.05, 3.63) is 29.8 Å². The number of hydrogen-bond donors (Lipinski definition) is 2. The highest BCUT2D eigenvalue weighted by molar-refractivity contribution is 7.90. The van der Waals surface area contributed by atoms with Gasteiger partial charge in [0.1, 0.15) is 0 Å². The molecule has 0 radical (unpaired) electrons. The average Bonchev–Trinajstić information content (AvgIpc) is 2.48. The Kier molecular flexibility index (Phi) is 5.41. The lowest BCUT2D eigenvalue weighted by atomic mass is 9.76. The summed E-state index contributed by atoms with van der Waals surface area (Å²) < 4.78 is 23.4. The average molecular weight is 310 g/mol. The van der Waals surface area contributed by atoms with Crippen molar-refractivity contribution in [2.45, 2.75) is 50.0 Å². The van der Waals surface area contributed by atoms with E-state index in [1.54, 1.807) is 18.2 Å². The Morgan fingerprint density at radius 2 is 1.95 bits per heavy atom. The van der Waals surface area contributed by atoms with Gasteiger partial charge in [-0.25, -0.2) is 8.42 Å². The van der Waals surface area contributed by atoms with E-state index in [9.17, 15) is 8.42 Å². The van der Waals surface area contributed by atoms with Crippen LogP contribution in [0, 0.1) is 11.8 Å². The lowest BCUT2D eigenvalue weighted by Gasteiger charge is -2.33. The summed E-state index contributed by atoms with van der Waals surface area (Å²) in [6.45, 7) is 2.25. The summed E-state index contributed by atoms with van der Waals surface area (Å²) in [6.07, 6.45) is 7.27. The van der Waals surface area contributed by atoms with Gasteiger partial charge in [0.2, 0.25) is 0 Å². The minimum Gasteiger partial charge on any atom is -0.271 e. The summed E-state index contributed by atoms with van der Waals surface area (Å²) in [4.78, 5) is 0.363. The SMILES string of the molecule is CCC1CCC(C(NN)c2cccc(S(C)(=O)=O)c2)CC1. The zero-order valence-electron chi connectivity index (χ0n) is 12.9. The Morgan fingerprint density at radius 3 is 2.48 bits per heavy atom. The summed E-state index contributed by atoms with van der Waals surface area (Å²) in [7, 11) is -3.18. The molecule has 1 saturated carbocycles. The van der Waals surface area contributed by atoms with Crippen molar-refractivity contribution in [3.8, 4) is 0 Å². The van der Waals surface area contributed by atoms with Gasteiger partial charge in [-0.05, 0) is 42.4 Å². The van der Waals surface area contributed by atoms with Crippen LogP contribution in [0.25, 0.3) is 0 Å². The second-order valence-electron chi connectivity index (χ2n) is 6.18. The molecule has 1 unspecified atom stereocenters. The van der Waals surface area contributed by atoms with Crippen LogP contribution >= 0.6 is 0 Å². The molecular formula is C16H26N2O2S. The van der Waals surface area contributed by atoms with Crippen LogP contribution in [-0.2, 0) is 9.84 Å². The highest BCUT2D eigenvalue weighted by atomic mass is 32.2. The summed E-state index contributed by atoms with van der Waals surface area (Å²) >= 11 is 0. The fraction of sp³-hybridized carbons (Fsp3) is 0.625. The predicted octanol–water partition coefficient (Wildman–Crippen LogP) is 2.81. The third-order valence-corrected chi connectivity index (χ3v) is 5.88. The third kappa shape index (κ3) is 4.05. The Bertz CT molecular complexity index is 563. The predicted molar refractivity (Wildman–Crippen MR) is 85.4 cm³/mol. The molecule has 1 fully saturated rings. The van der Waals surface area contributed by atoms with E-state index in [0.717, 1.165) is 24.3 Å². The van der Waals surface area contributed by atoms with Gasteiger partial charge in [0.25, 0.3) is 0 Å². The van der Waals surface area contributed by atoms with Crippen molar-refractivity contribution in [2.75, 3.05) is 6.26 Å². The molecular weight excluding hydrogens is 284 g/mol. The minimum atomic E-state index is -3.18. The molecule has 1 aromatic rings. The summed E-state index contributed by atoms with van der Waals surface area (Å²) in [5.41, 5.74) is 3.88. The number of rotatable bonds is 5. The first-order valence-corrected chi connectivity index (χ1v) is 9.61. The number of nitrogens with one attached hydrogen (secondary N) is 1. The van der Waals surface area contributed by atoms with Crippen LogP contribution in [0.4, 0.5) is 0 Å². The van der Waals surface area contributed by atoms with Crippen LogP contribution in [0.2, 0.25) is 0 Å². The smallest absolute Gasteiger partial charge is 0.175 e. The van der Waals surface area contributed by atoms with Crippen LogP contribution in [0.1, 0.15) is 50.6 Å². The Balaban J connectivity index is 2.18. The number of benzene rings is 1. The van der Waals surface area contributed by atoms with Crippen LogP contribution < -0.4 is 11.3 Å². The molecule has 5 heteroatoms. The van der Waals surface area contributed by atoms with E-state index < -0.39 is 9.84 Å². The Hall–Kier alpha value is -0.910. The molecule has 0 bridgehead atoms. The van der Waals surface area contributed by atoms with Crippen LogP contribution in [0.5, 0.6) is 0 Å². The van der Waals surface area contributed by atoms with Crippen LogP contribution in [0.15, 0.2) is 29.2 Å². The van der Waals surface area contributed by atoms with Crippen LogP contribution in [-0.4, -0.2) is 14.7 Å². The lowest BCUT2D eigenvalue weighted by Crippen LogP contribution is -2.35. The van der Waals surface area contributed by atoms with Crippen molar-refractivity contribution in [2.24, 2.45) is 17.7 Å². The normalized spacial score (nSPS) is 24.7. The molecule has 1 aromatic carbocycles. The summed E-state index contributed by atoms with van der Waals surface area (Å²) in [6, 6.07) is 7.19. The van der Waals surface area contributed by atoms with E-state index in [0.29, 0.717) is 10.8 Å². The molecule has 21 heavy (non-hydrogen) atoms. The fourth-order valence-corrected chi connectivity index (χ4v) is 4.05. The van der Waals surface area contributed by atoms with E-state index in [1.807, 2.05) is 6.07 Å². The van der Waals surface area contributed by atoms with Crippen molar-refractivity contribution >= 4 is 9.84 Å². The van der Waals surface area contributed by atoms with Crippen LogP contribution in [0.3, 0.4) is 0 Å². The molecule has 0 saturated heterocycles. The third-order valence-electron chi connectivity index (χ3n) is 4.77. The largest absolute Gasteiger partial charge is 0.271 e. The van der Waals surface area contributed by atoms with E-state index in [1.165, 1.54) is 25.5 Å². The highest BCUT2D eigenvalue weighted by Gasteiger charge is 2.27. The highest BCUT2D eigenvalue weighted by Crippen LogP contribution is 2.37. The van der Waals surface area contributed by atoms with Gasteiger partial charge < -0.3 is 0 Å². The zero-order chi connectivity index (χ0) is 15.5. The Labute approximate surface area is 128 Å². The zero-order valence-corrected chi connectivity index (χ0v) is 13.7. The quantitative estimate of drug-likeness (QED) is 0.648. The van der Waals surface area contributed by atoms with Crippen molar-refractivity contribution in [1.82, 2.24) is 5.43 Å². The molecule has 4 nitrogen and oxygen atoms in total. The maximum Gasteiger partial charge on any atom is 0.175 e. The maximum atomic E-state index is 11.7. The monoisotopic (exact) mass is 310 g/mol. The van der Waals surface area contributed by atoms with Gasteiger partial charge in [-0.15, -0.1) is 0 Å². The second kappa shape index (κ2) is 6.90.